The predicted molar refractivity (Wildman–Crippen MR) is 81.6 cm³/mol. The molecule has 1 aromatic carbocycles. The Bertz CT molecular complexity index is 388. The van der Waals surface area contributed by atoms with Crippen molar-refractivity contribution >= 4 is 15.9 Å². The highest BCUT2D eigenvalue weighted by Gasteiger charge is 2.20. The predicted octanol–water partition coefficient (Wildman–Crippen LogP) is 2.43. The van der Waals surface area contributed by atoms with Crippen molar-refractivity contribution in [3.63, 3.8) is 0 Å². The Hall–Kier alpha value is -0.620. The molecule has 4 nitrogen and oxygen atoms in total. The van der Waals surface area contributed by atoms with Gasteiger partial charge in [-0.2, -0.15) is 0 Å². The second-order valence-electron chi connectivity index (χ2n) is 4.26. The van der Waals surface area contributed by atoms with E-state index in [0.29, 0.717) is 13.2 Å². The fourth-order valence-corrected chi connectivity index (χ4v) is 2.63. The van der Waals surface area contributed by atoms with E-state index in [1.54, 1.807) is 14.2 Å². The molecule has 19 heavy (non-hydrogen) atoms. The summed E-state index contributed by atoms with van der Waals surface area (Å²) in [5, 5.41) is 0. The molecule has 5 heteroatoms. The summed E-state index contributed by atoms with van der Waals surface area (Å²) in [5.41, 5.74) is 7.12. The molecule has 1 aromatic rings. The van der Waals surface area contributed by atoms with Crippen LogP contribution in [0.3, 0.4) is 0 Å². The van der Waals surface area contributed by atoms with Crippen molar-refractivity contribution in [3.8, 4) is 5.75 Å². The third-order valence-corrected chi connectivity index (χ3v) is 3.94. The Morgan fingerprint density at radius 1 is 1.37 bits per heavy atom. The highest BCUT2D eigenvalue weighted by Crippen LogP contribution is 2.30. The summed E-state index contributed by atoms with van der Waals surface area (Å²) >= 11 is 3.60. The van der Waals surface area contributed by atoms with Gasteiger partial charge in [0.1, 0.15) is 5.75 Å². The van der Waals surface area contributed by atoms with Crippen molar-refractivity contribution in [2.75, 3.05) is 40.5 Å². The van der Waals surface area contributed by atoms with Crippen molar-refractivity contribution in [3.05, 3.63) is 28.2 Å². The number of halogens is 1. The van der Waals surface area contributed by atoms with Gasteiger partial charge >= 0.3 is 0 Å². The summed E-state index contributed by atoms with van der Waals surface area (Å²) in [5.74, 6) is 0.847. The molecule has 0 aromatic heterocycles. The van der Waals surface area contributed by atoms with Crippen LogP contribution in [0.4, 0.5) is 0 Å². The lowest BCUT2D eigenvalue weighted by atomic mass is 10.0. The molecule has 0 spiro atoms. The zero-order chi connectivity index (χ0) is 14.3. The number of methoxy groups -OCH3 is 2. The number of hydrogen-bond acceptors (Lipinski definition) is 4. The zero-order valence-corrected chi connectivity index (χ0v) is 13.4. The Balaban J connectivity index is 2.99. The largest absolute Gasteiger partial charge is 0.497 e. The maximum atomic E-state index is 5.97. The van der Waals surface area contributed by atoms with Gasteiger partial charge in [0.2, 0.25) is 0 Å². The minimum Gasteiger partial charge on any atom is -0.497 e. The van der Waals surface area contributed by atoms with Crippen LogP contribution in [-0.4, -0.2) is 45.4 Å². The Labute approximate surface area is 124 Å². The van der Waals surface area contributed by atoms with Crippen LogP contribution in [-0.2, 0) is 4.74 Å². The third kappa shape index (κ3) is 4.45. The molecule has 1 rings (SSSR count). The van der Waals surface area contributed by atoms with E-state index < -0.39 is 0 Å². The molecule has 0 radical (unpaired) electrons. The molecule has 0 heterocycles. The SMILES string of the molecule is CCN(CCOC)C(CN)c1cc(OC)ccc1Br. The highest BCUT2D eigenvalue weighted by atomic mass is 79.9. The van der Waals surface area contributed by atoms with Crippen LogP contribution in [0.25, 0.3) is 0 Å². The van der Waals surface area contributed by atoms with Crippen LogP contribution < -0.4 is 10.5 Å². The molecule has 0 aliphatic carbocycles. The number of likely N-dealkylation sites (N-methyl/N-ethyl adjacent to an activating group) is 1. The van der Waals surface area contributed by atoms with E-state index in [1.165, 1.54) is 0 Å². The summed E-state index contributed by atoms with van der Waals surface area (Å²) < 4.78 is 11.5. The molecule has 0 amide bonds. The minimum atomic E-state index is 0.157. The Morgan fingerprint density at radius 3 is 2.63 bits per heavy atom. The Kier molecular flexibility index (Phi) is 7.38. The molecule has 0 fully saturated rings. The topological polar surface area (TPSA) is 47.7 Å². The fourth-order valence-electron chi connectivity index (χ4n) is 2.12. The van der Waals surface area contributed by atoms with Crippen LogP contribution in [0.2, 0.25) is 0 Å². The first-order chi connectivity index (χ1) is 9.17. The van der Waals surface area contributed by atoms with Crippen LogP contribution in [0.5, 0.6) is 5.75 Å². The number of rotatable bonds is 8. The molecule has 1 atom stereocenters. The number of ether oxygens (including phenoxy) is 2. The van der Waals surface area contributed by atoms with Gasteiger partial charge in [0.25, 0.3) is 0 Å². The van der Waals surface area contributed by atoms with Crippen molar-refractivity contribution in [2.45, 2.75) is 13.0 Å². The van der Waals surface area contributed by atoms with Gasteiger partial charge in [0.05, 0.1) is 13.7 Å². The molecular weight excluding hydrogens is 308 g/mol. The molecule has 2 N–H and O–H groups in total. The van der Waals surface area contributed by atoms with E-state index in [9.17, 15) is 0 Å². The van der Waals surface area contributed by atoms with Gasteiger partial charge in [0.15, 0.2) is 0 Å². The summed E-state index contributed by atoms with van der Waals surface area (Å²) in [6, 6.07) is 6.13. The van der Waals surface area contributed by atoms with E-state index in [4.69, 9.17) is 15.2 Å². The van der Waals surface area contributed by atoms with Crippen molar-refractivity contribution < 1.29 is 9.47 Å². The lowest BCUT2D eigenvalue weighted by Gasteiger charge is -2.30. The first kappa shape index (κ1) is 16.4. The lowest BCUT2D eigenvalue weighted by Crippen LogP contribution is -2.36. The second kappa shape index (κ2) is 8.53. The zero-order valence-electron chi connectivity index (χ0n) is 11.9. The molecule has 0 saturated heterocycles. The van der Waals surface area contributed by atoms with Crippen LogP contribution in [0, 0.1) is 0 Å². The van der Waals surface area contributed by atoms with Crippen molar-refractivity contribution in [1.82, 2.24) is 4.90 Å². The van der Waals surface area contributed by atoms with Crippen molar-refractivity contribution in [2.24, 2.45) is 5.73 Å². The van der Waals surface area contributed by atoms with Gasteiger partial charge < -0.3 is 15.2 Å². The molecule has 0 saturated carbocycles. The summed E-state index contributed by atoms with van der Waals surface area (Å²) in [7, 11) is 3.39. The van der Waals surface area contributed by atoms with E-state index in [0.717, 1.165) is 28.9 Å². The van der Waals surface area contributed by atoms with Gasteiger partial charge in [0, 0.05) is 30.7 Å². The van der Waals surface area contributed by atoms with E-state index in [2.05, 4.69) is 27.8 Å². The van der Waals surface area contributed by atoms with E-state index in [1.807, 2.05) is 18.2 Å². The minimum absolute atomic E-state index is 0.157. The lowest BCUT2D eigenvalue weighted by molar-refractivity contribution is 0.125. The first-order valence-corrected chi connectivity index (χ1v) is 7.23. The average molecular weight is 331 g/mol. The van der Waals surface area contributed by atoms with Gasteiger partial charge in [-0.3, -0.25) is 4.90 Å². The maximum Gasteiger partial charge on any atom is 0.119 e. The van der Waals surface area contributed by atoms with E-state index >= 15 is 0 Å². The van der Waals surface area contributed by atoms with Crippen LogP contribution >= 0.6 is 15.9 Å². The molecular formula is C14H23BrN2O2. The molecule has 1 unspecified atom stereocenters. The quantitative estimate of drug-likeness (QED) is 0.795. The van der Waals surface area contributed by atoms with Gasteiger partial charge in [-0.25, -0.2) is 0 Å². The maximum absolute atomic E-state index is 5.97. The van der Waals surface area contributed by atoms with Gasteiger partial charge in [-0.1, -0.05) is 22.9 Å². The average Bonchev–Trinajstić information content (AvgIpc) is 2.44. The molecule has 0 bridgehead atoms. The number of benzene rings is 1. The van der Waals surface area contributed by atoms with Crippen molar-refractivity contribution in [1.29, 1.82) is 0 Å². The van der Waals surface area contributed by atoms with Gasteiger partial charge in [-0.05, 0) is 30.3 Å². The number of nitrogens with two attached hydrogens (primary N) is 1. The summed E-state index contributed by atoms with van der Waals surface area (Å²) in [4.78, 5) is 2.31. The molecule has 0 aliphatic rings. The highest BCUT2D eigenvalue weighted by molar-refractivity contribution is 9.10. The fraction of sp³-hybridized carbons (Fsp3) is 0.571. The van der Waals surface area contributed by atoms with E-state index in [-0.39, 0.29) is 6.04 Å². The van der Waals surface area contributed by atoms with Gasteiger partial charge in [-0.15, -0.1) is 0 Å². The second-order valence-corrected chi connectivity index (χ2v) is 5.11. The van der Waals surface area contributed by atoms with Crippen LogP contribution in [0.1, 0.15) is 18.5 Å². The first-order valence-electron chi connectivity index (χ1n) is 6.44. The summed E-state index contributed by atoms with van der Waals surface area (Å²) in [6.45, 7) is 5.18. The normalized spacial score (nSPS) is 12.7. The number of nitrogens with zero attached hydrogens (tertiary/aromatic N) is 1. The Morgan fingerprint density at radius 2 is 2.11 bits per heavy atom. The number of hydrogen-bond donors (Lipinski definition) is 1. The monoisotopic (exact) mass is 330 g/mol. The van der Waals surface area contributed by atoms with Crippen LogP contribution in [0.15, 0.2) is 22.7 Å². The standard InChI is InChI=1S/C14H23BrN2O2/c1-4-17(7-8-18-2)14(10-16)12-9-11(19-3)5-6-13(12)15/h5-6,9,14H,4,7-8,10,16H2,1-3H3. The smallest absolute Gasteiger partial charge is 0.119 e. The summed E-state index contributed by atoms with van der Waals surface area (Å²) in [6.07, 6.45) is 0. The third-order valence-electron chi connectivity index (χ3n) is 3.22. The molecule has 108 valence electrons. The molecule has 0 aliphatic heterocycles.